The van der Waals surface area contributed by atoms with Crippen LogP contribution in [-0.2, 0) is 11.3 Å². The summed E-state index contributed by atoms with van der Waals surface area (Å²) in [6, 6.07) is 13.5. The molecular weight excluding hydrogens is 484 g/mol. The van der Waals surface area contributed by atoms with E-state index < -0.39 is 34.5 Å². The fourth-order valence-electron chi connectivity index (χ4n) is 4.01. The van der Waals surface area contributed by atoms with Crippen molar-refractivity contribution in [1.82, 2.24) is 25.0 Å². The second kappa shape index (κ2) is 11.2. The molecule has 36 heavy (non-hydrogen) atoms. The lowest BCUT2D eigenvalue weighted by molar-refractivity contribution is -0.126. The van der Waals surface area contributed by atoms with Gasteiger partial charge >= 0.3 is 0 Å². The number of carbonyl (C=O) groups is 2. The van der Waals surface area contributed by atoms with Crippen molar-refractivity contribution in [2.45, 2.75) is 25.1 Å². The summed E-state index contributed by atoms with van der Waals surface area (Å²) < 4.78 is 21.2. The zero-order valence-corrected chi connectivity index (χ0v) is 20.4. The van der Waals surface area contributed by atoms with E-state index in [1.807, 2.05) is 12.1 Å². The van der Waals surface area contributed by atoms with E-state index in [1.165, 1.54) is 4.68 Å². The molecule has 1 aromatic carbocycles. The lowest BCUT2D eigenvalue weighted by atomic mass is 9.99. The van der Waals surface area contributed by atoms with Gasteiger partial charge in [0.05, 0.1) is 28.8 Å². The molecule has 1 aliphatic heterocycles. The Bertz CT molecular complexity index is 1190. The van der Waals surface area contributed by atoms with Crippen LogP contribution in [0.4, 0.5) is 0 Å². The monoisotopic (exact) mass is 514 g/mol. The second-order valence-corrected chi connectivity index (χ2v) is 11.1. The number of hydrogen-bond donors (Lipinski definition) is 5. The molecule has 12 heteroatoms. The van der Waals surface area contributed by atoms with E-state index in [0.717, 1.165) is 11.3 Å². The number of rotatable bonds is 9. The first kappa shape index (κ1) is 25.8. The molecule has 11 nitrogen and oxygen atoms in total. The Morgan fingerprint density at radius 2 is 1.81 bits per heavy atom. The first-order chi connectivity index (χ1) is 17.2. The van der Waals surface area contributed by atoms with Gasteiger partial charge in [-0.3, -0.25) is 23.6 Å². The molecule has 1 aliphatic rings. The van der Waals surface area contributed by atoms with E-state index in [4.69, 9.17) is 5.73 Å². The standard InChI is InChI=1S/C24H30N6O5S/c25-22(32)21(31)15-20(17-5-2-1-3-6-17)27-24(33)19-7-4-9-26-23(19)30-10-8-18(28-30)16-29-11-13-36(34,35)14-12-29/h1-10,20-21,31,34-35H,11-16H2,(H2,25,32)(H,27,33). The van der Waals surface area contributed by atoms with E-state index in [1.54, 1.807) is 48.8 Å². The Morgan fingerprint density at radius 1 is 1.08 bits per heavy atom. The number of pyridine rings is 1. The van der Waals surface area contributed by atoms with Gasteiger partial charge in [-0.15, -0.1) is 0 Å². The number of nitrogens with two attached hydrogens (primary N) is 1. The fraction of sp³-hybridized carbons (Fsp3) is 0.333. The minimum absolute atomic E-state index is 0.0763. The minimum Gasteiger partial charge on any atom is -0.383 e. The number of amides is 2. The van der Waals surface area contributed by atoms with Crippen LogP contribution in [0.2, 0.25) is 0 Å². The summed E-state index contributed by atoms with van der Waals surface area (Å²) in [5, 5.41) is 17.5. The first-order valence-corrected chi connectivity index (χ1v) is 13.4. The Labute approximate surface area is 210 Å². The van der Waals surface area contributed by atoms with Gasteiger partial charge in [0.25, 0.3) is 5.91 Å². The second-order valence-electron chi connectivity index (χ2n) is 8.70. The number of aliphatic hydroxyl groups excluding tert-OH is 1. The number of carbonyl (C=O) groups excluding carboxylic acids is 2. The maximum absolute atomic E-state index is 13.3. The molecule has 3 heterocycles. The number of nitrogens with zero attached hydrogens (tertiary/aromatic N) is 4. The van der Waals surface area contributed by atoms with E-state index in [-0.39, 0.29) is 12.0 Å². The third-order valence-electron chi connectivity index (χ3n) is 6.04. The van der Waals surface area contributed by atoms with Gasteiger partial charge < -0.3 is 16.2 Å². The largest absolute Gasteiger partial charge is 0.383 e. The van der Waals surface area contributed by atoms with Crippen LogP contribution in [0.25, 0.3) is 5.82 Å². The Balaban J connectivity index is 1.51. The summed E-state index contributed by atoms with van der Waals surface area (Å²) in [4.78, 5) is 31.2. The van der Waals surface area contributed by atoms with Crippen molar-refractivity contribution in [1.29, 1.82) is 0 Å². The molecule has 2 aromatic heterocycles. The van der Waals surface area contributed by atoms with Crippen molar-refractivity contribution in [3.05, 3.63) is 77.7 Å². The molecule has 6 N–H and O–H groups in total. The Morgan fingerprint density at radius 3 is 2.50 bits per heavy atom. The molecule has 2 amide bonds. The van der Waals surface area contributed by atoms with Crippen molar-refractivity contribution in [3.8, 4) is 5.82 Å². The minimum atomic E-state index is -2.47. The molecule has 2 unspecified atom stereocenters. The number of aromatic nitrogens is 3. The summed E-state index contributed by atoms with van der Waals surface area (Å²) in [5.41, 5.74) is 6.99. The van der Waals surface area contributed by atoms with Crippen molar-refractivity contribution < 1.29 is 23.8 Å². The van der Waals surface area contributed by atoms with E-state index in [2.05, 4.69) is 20.3 Å². The number of primary amides is 1. The molecule has 0 spiro atoms. The average Bonchev–Trinajstić information content (AvgIpc) is 3.33. The van der Waals surface area contributed by atoms with Gasteiger partial charge in [-0.05, 0) is 23.8 Å². The molecule has 1 fully saturated rings. The number of nitrogens with one attached hydrogen (secondary N) is 1. The van der Waals surface area contributed by atoms with Gasteiger partial charge in [0.15, 0.2) is 5.82 Å². The topological polar surface area (TPSA) is 167 Å². The van der Waals surface area contributed by atoms with Crippen molar-refractivity contribution >= 4 is 22.4 Å². The molecule has 0 saturated carbocycles. The molecule has 0 bridgehead atoms. The zero-order valence-electron chi connectivity index (χ0n) is 19.6. The summed E-state index contributed by atoms with van der Waals surface area (Å²) in [7, 11) is -2.47. The van der Waals surface area contributed by atoms with E-state index >= 15 is 0 Å². The highest BCUT2D eigenvalue weighted by Gasteiger charge is 2.25. The lowest BCUT2D eigenvalue weighted by Crippen LogP contribution is -2.37. The van der Waals surface area contributed by atoms with Gasteiger partial charge in [0, 0.05) is 38.4 Å². The first-order valence-electron chi connectivity index (χ1n) is 11.5. The number of benzene rings is 1. The lowest BCUT2D eigenvalue weighted by Gasteiger charge is -2.40. The van der Waals surface area contributed by atoms with Gasteiger partial charge in [0.2, 0.25) is 5.91 Å². The molecule has 3 aromatic rings. The highest BCUT2D eigenvalue weighted by atomic mass is 32.3. The Kier molecular flexibility index (Phi) is 8.01. The maximum atomic E-state index is 13.3. The summed E-state index contributed by atoms with van der Waals surface area (Å²) in [6.07, 6.45) is 1.79. The molecule has 2 atom stereocenters. The Hall–Kier alpha value is -3.29. The van der Waals surface area contributed by atoms with Crippen LogP contribution >= 0.6 is 10.6 Å². The highest BCUT2D eigenvalue weighted by Crippen LogP contribution is 2.40. The summed E-state index contributed by atoms with van der Waals surface area (Å²) >= 11 is 0. The maximum Gasteiger partial charge on any atom is 0.255 e. The van der Waals surface area contributed by atoms with Crippen LogP contribution in [0.5, 0.6) is 0 Å². The zero-order chi connectivity index (χ0) is 25.7. The molecule has 4 rings (SSSR count). The third-order valence-corrected chi connectivity index (χ3v) is 7.71. The van der Waals surface area contributed by atoms with Gasteiger partial charge in [-0.2, -0.15) is 15.7 Å². The summed E-state index contributed by atoms with van der Waals surface area (Å²) in [5.74, 6) is -0.273. The van der Waals surface area contributed by atoms with Crippen LogP contribution in [0.1, 0.15) is 34.1 Å². The van der Waals surface area contributed by atoms with E-state index in [9.17, 15) is 23.8 Å². The normalized spacial score (nSPS) is 18.2. The highest BCUT2D eigenvalue weighted by molar-refractivity contribution is 8.24. The van der Waals surface area contributed by atoms with Crippen LogP contribution < -0.4 is 11.1 Å². The SMILES string of the molecule is NC(=O)C(O)CC(NC(=O)c1cccnc1-n1ccc(CN2CCS(O)(O)CC2)n1)c1ccccc1. The van der Waals surface area contributed by atoms with E-state index in [0.29, 0.717) is 37.0 Å². The quantitative estimate of drug-likeness (QED) is 0.287. The average molecular weight is 515 g/mol. The molecule has 0 aliphatic carbocycles. The fourth-order valence-corrected chi connectivity index (χ4v) is 5.32. The summed E-state index contributed by atoms with van der Waals surface area (Å²) in [6.45, 7) is 1.69. The number of hydrogen-bond acceptors (Lipinski definition) is 8. The van der Waals surface area contributed by atoms with Crippen LogP contribution in [0, 0.1) is 0 Å². The smallest absolute Gasteiger partial charge is 0.255 e. The van der Waals surface area contributed by atoms with Gasteiger partial charge in [0.1, 0.15) is 6.10 Å². The van der Waals surface area contributed by atoms with Crippen LogP contribution in [0.3, 0.4) is 0 Å². The predicted molar refractivity (Wildman–Crippen MR) is 136 cm³/mol. The van der Waals surface area contributed by atoms with Gasteiger partial charge in [-0.25, -0.2) is 9.67 Å². The van der Waals surface area contributed by atoms with Crippen LogP contribution in [-0.4, -0.2) is 76.4 Å². The predicted octanol–water partition coefficient (Wildman–Crippen LogP) is 1.54. The molecule has 0 radical (unpaired) electrons. The van der Waals surface area contributed by atoms with Crippen LogP contribution in [0.15, 0.2) is 60.9 Å². The number of aliphatic hydroxyl groups is 1. The molecule has 192 valence electrons. The molecule has 1 saturated heterocycles. The molecular formula is C24H30N6O5S. The van der Waals surface area contributed by atoms with Crippen molar-refractivity contribution in [2.24, 2.45) is 5.73 Å². The van der Waals surface area contributed by atoms with Crippen molar-refractivity contribution in [2.75, 3.05) is 24.6 Å². The van der Waals surface area contributed by atoms with Crippen molar-refractivity contribution in [3.63, 3.8) is 0 Å². The van der Waals surface area contributed by atoms with Gasteiger partial charge in [-0.1, -0.05) is 30.3 Å². The third kappa shape index (κ3) is 6.47.